The van der Waals surface area contributed by atoms with Gasteiger partial charge in [-0.1, -0.05) is 20.8 Å². The van der Waals surface area contributed by atoms with Crippen LogP contribution >= 0.6 is 11.3 Å². The van der Waals surface area contributed by atoms with E-state index in [-0.39, 0.29) is 5.41 Å². The lowest BCUT2D eigenvalue weighted by Crippen LogP contribution is -2.60. The number of rotatable bonds is 6. The molecular formula is C14H24N2OS. The molecule has 1 heterocycles. The molecule has 0 aliphatic heterocycles. The van der Waals surface area contributed by atoms with Gasteiger partial charge in [-0.25, -0.2) is 4.98 Å². The molecule has 1 aromatic rings. The maximum atomic E-state index is 5.75. The molecule has 1 aliphatic rings. The Balaban J connectivity index is 1.81. The minimum absolute atomic E-state index is 0.244. The van der Waals surface area contributed by atoms with Gasteiger partial charge in [-0.15, -0.1) is 11.3 Å². The molecule has 0 amide bonds. The van der Waals surface area contributed by atoms with Gasteiger partial charge in [0.2, 0.25) is 0 Å². The number of thiazole rings is 1. The summed E-state index contributed by atoms with van der Waals surface area (Å²) in [5.41, 5.74) is 0.244. The van der Waals surface area contributed by atoms with Gasteiger partial charge >= 0.3 is 0 Å². The van der Waals surface area contributed by atoms with E-state index in [1.54, 1.807) is 0 Å². The molecule has 0 bridgehead atoms. The molecule has 2 atom stereocenters. The zero-order chi connectivity index (χ0) is 13.2. The van der Waals surface area contributed by atoms with Crippen molar-refractivity contribution in [2.75, 3.05) is 6.61 Å². The van der Waals surface area contributed by atoms with E-state index >= 15 is 0 Å². The van der Waals surface area contributed by atoms with Crippen LogP contribution in [0.4, 0.5) is 0 Å². The summed E-state index contributed by atoms with van der Waals surface area (Å²) in [6, 6.07) is 0.557. The Morgan fingerprint density at radius 3 is 2.83 bits per heavy atom. The molecule has 1 aliphatic carbocycles. The molecular weight excluding hydrogens is 244 g/mol. The van der Waals surface area contributed by atoms with E-state index in [0.717, 1.165) is 26.0 Å². The van der Waals surface area contributed by atoms with Gasteiger partial charge in [-0.2, -0.15) is 0 Å². The van der Waals surface area contributed by atoms with Crippen LogP contribution in [0.5, 0.6) is 0 Å². The van der Waals surface area contributed by atoms with E-state index in [9.17, 15) is 0 Å². The summed E-state index contributed by atoms with van der Waals surface area (Å²) in [5.74, 6) is 0. The second kappa shape index (κ2) is 5.68. The summed E-state index contributed by atoms with van der Waals surface area (Å²) < 4.78 is 5.75. The lowest BCUT2D eigenvalue weighted by molar-refractivity contribution is -0.114. The van der Waals surface area contributed by atoms with Crippen molar-refractivity contribution >= 4 is 11.3 Å². The van der Waals surface area contributed by atoms with Gasteiger partial charge in [-0.3, -0.25) is 0 Å². The molecule has 1 N–H and O–H groups in total. The van der Waals surface area contributed by atoms with Crippen LogP contribution in [-0.4, -0.2) is 23.7 Å². The second-order valence-electron chi connectivity index (χ2n) is 5.51. The smallest absolute Gasteiger partial charge is 0.0925 e. The maximum Gasteiger partial charge on any atom is 0.0925 e. The monoisotopic (exact) mass is 268 g/mol. The minimum Gasteiger partial charge on any atom is -0.378 e. The predicted molar refractivity (Wildman–Crippen MR) is 75.9 cm³/mol. The van der Waals surface area contributed by atoms with Crippen LogP contribution in [0.2, 0.25) is 0 Å². The summed E-state index contributed by atoms with van der Waals surface area (Å²) in [7, 11) is 0. The van der Waals surface area contributed by atoms with Gasteiger partial charge in [0.05, 0.1) is 11.1 Å². The van der Waals surface area contributed by atoms with E-state index in [2.05, 4.69) is 38.0 Å². The normalized spacial score (nSPS) is 26.0. The van der Waals surface area contributed by atoms with Gasteiger partial charge in [0.1, 0.15) is 0 Å². The number of hydrogen-bond acceptors (Lipinski definition) is 4. The highest BCUT2D eigenvalue weighted by Gasteiger charge is 2.48. The average molecular weight is 268 g/mol. The number of ether oxygens (including phenoxy) is 1. The summed E-state index contributed by atoms with van der Waals surface area (Å²) >= 11 is 1.82. The molecule has 0 saturated heterocycles. The van der Waals surface area contributed by atoms with Crippen molar-refractivity contribution in [2.24, 2.45) is 5.41 Å². The summed E-state index contributed by atoms with van der Waals surface area (Å²) in [6.45, 7) is 10.6. The van der Waals surface area contributed by atoms with Gasteiger partial charge in [0, 0.05) is 35.7 Å². The molecule has 18 heavy (non-hydrogen) atoms. The largest absolute Gasteiger partial charge is 0.378 e. The van der Waals surface area contributed by atoms with E-state index in [0.29, 0.717) is 12.1 Å². The molecule has 1 aromatic heterocycles. The first kappa shape index (κ1) is 14.0. The van der Waals surface area contributed by atoms with E-state index in [1.807, 2.05) is 17.5 Å². The van der Waals surface area contributed by atoms with Crippen molar-refractivity contribution < 1.29 is 4.74 Å². The Bertz CT molecular complexity index is 389. The fourth-order valence-corrected chi connectivity index (χ4v) is 3.35. The lowest BCUT2D eigenvalue weighted by atomic mass is 9.64. The standard InChI is InChI=1S/C14H24N2OS/c1-5-13-16-9-10(18-13)8-15-11-7-12(17-6-2)14(11,3)4/h9,11-12,15H,5-8H2,1-4H3. The van der Waals surface area contributed by atoms with Gasteiger partial charge in [0.15, 0.2) is 0 Å². The van der Waals surface area contributed by atoms with Crippen LogP contribution in [0, 0.1) is 5.41 Å². The third kappa shape index (κ3) is 2.76. The first-order chi connectivity index (χ1) is 8.57. The molecule has 4 heteroatoms. The number of aryl methyl sites for hydroxylation is 1. The topological polar surface area (TPSA) is 34.1 Å². The quantitative estimate of drug-likeness (QED) is 0.861. The first-order valence-electron chi connectivity index (χ1n) is 6.86. The molecule has 0 aromatic carbocycles. The van der Waals surface area contributed by atoms with Crippen molar-refractivity contribution in [3.05, 3.63) is 16.1 Å². The van der Waals surface area contributed by atoms with Crippen molar-refractivity contribution in [3.63, 3.8) is 0 Å². The fraction of sp³-hybridized carbons (Fsp3) is 0.786. The summed E-state index contributed by atoms with van der Waals surface area (Å²) in [4.78, 5) is 5.73. The molecule has 2 rings (SSSR count). The van der Waals surface area contributed by atoms with E-state index in [4.69, 9.17) is 4.74 Å². The average Bonchev–Trinajstić information content (AvgIpc) is 2.80. The molecule has 0 spiro atoms. The van der Waals surface area contributed by atoms with Gasteiger partial charge < -0.3 is 10.1 Å². The highest BCUT2D eigenvalue weighted by atomic mass is 32.1. The number of aromatic nitrogens is 1. The van der Waals surface area contributed by atoms with Crippen molar-refractivity contribution in [3.8, 4) is 0 Å². The van der Waals surface area contributed by atoms with Crippen molar-refractivity contribution in [1.29, 1.82) is 0 Å². The molecule has 3 nitrogen and oxygen atoms in total. The van der Waals surface area contributed by atoms with Gasteiger partial charge in [0.25, 0.3) is 0 Å². The van der Waals surface area contributed by atoms with Crippen molar-refractivity contribution in [2.45, 2.75) is 59.2 Å². The first-order valence-corrected chi connectivity index (χ1v) is 7.68. The van der Waals surface area contributed by atoms with Crippen molar-refractivity contribution in [1.82, 2.24) is 10.3 Å². The molecule has 102 valence electrons. The van der Waals surface area contributed by atoms with Crippen LogP contribution < -0.4 is 5.32 Å². The zero-order valence-electron chi connectivity index (χ0n) is 11.8. The third-order valence-electron chi connectivity index (χ3n) is 3.97. The van der Waals surface area contributed by atoms with E-state index < -0.39 is 0 Å². The number of hydrogen-bond donors (Lipinski definition) is 1. The Kier molecular flexibility index (Phi) is 4.41. The SMILES string of the molecule is CCOC1CC(NCc2cnc(CC)s2)C1(C)C. The Hall–Kier alpha value is -0.450. The van der Waals surface area contributed by atoms with E-state index in [1.165, 1.54) is 9.88 Å². The predicted octanol–water partition coefficient (Wildman–Crippen LogP) is 3.00. The van der Waals surface area contributed by atoms with Crippen LogP contribution in [-0.2, 0) is 17.7 Å². The molecule has 2 unspecified atom stereocenters. The zero-order valence-corrected chi connectivity index (χ0v) is 12.6. The fourth-order valence-electron chi connectivity index (χ4n) is 2.53. The lowest BCUT2D eigenvalue weighted by Gasteiger charge is -2.51. The second-order valence-corrected chi connectivity index (χ2v) is 6.71. The maximum absolute atomic E-state index is 5.75. The molecule has 1 fully saturated rings. The summed E-state index contributed by atoms with van der Waals surface area (Å²) in [5, 5.41) is 4.87. The summed E-state index contributed by atoms with van der Waals surface area (Å²) in [6.07, 6.45) is 4.57. The molecule has 1 saturated carbocycles. The highest BCUT2D eigenvalue weighted by Crippen LogP contribution is 2.42. The van der Waals surface area contributed by atoms with Crippen LogP contribution in [0.15, 0.2) is 6.20 Å². The van der Waals surface area contributed by atoms with Crippen LogP contribution in [0.1, 0.15) is 44.0 Å². The van der Waals surface area contributed by atoms with Crippen LogP contribution in [0.3, 0.4) is 0 Å². The van der Waals surface area contributed by atoms with Gasteiger partial charge in [-0.05, 0) is 19.8 Å². The third-order valence-corrected chi connectivity index (χ3v) is 5.11. The highest BCUT2D eigenvalue weighted by molar-refractivity contribution is 7.11. The minimum atomic E-state index is 0.244. The molecule has 0 radical (unpaired) electrons. The Morgan fingerprint density at radius 1 is 1.50 bits per heavy atom. The Morgan fingerprint density at radius 2 is 2.28 bits per heavy atom. The van der Waals surface area contributed by atoms with Crippen LogP contribution in [0.25, 0.3) is 0 Å². The number of nitrogens with zero attached hydrogens (tertiary/aromatic N) is 1. The Labute approximate surface area is 114 Å². The number of nitrogens with one attached hydrogen (secondary N) is 1.